The van der Waals surface area contributed by atoms with Crippen molar-refractivity contribution in [2.75, 3.05) is 20.1 Å². The van der Waals surface area contributed by atoms with Gasteiger partial charge in [-0.2, -0.15) is 0 Å². The predicted octanol–water partition coefficient (Wildman–Crippen LogP) is 2.48. The van der Waals surface area contributed by atoms with Crippen LogP contribution in [0.15, 0.2) is 30.3 Å². The first-order valence-electron chi connectivity index (χ1n) is 8.77. The molecule has 1 fully saturated rings. The van der Waals surface area contributed by atoms with Gasteiger partial charge in [0.05, 0.1) is 6.04 Å². The number of likely N-dealkylation sites (N-methyl/N-ethyl adjacent to an activating group) is 1. The third-order valence-electron chi connectivity index (χ3n) is 4.91. The summed E-state index contributed by atoms with van der Waals surface area (Å²) in [7, 11) is 1.91. The molecule has 0 radical (unpaired) electrons. The standard InChI is InChI=1S/C19H31N3O/c1-15(2)17(20)11-13-21(3)19(23)18-10-7-12-22(18)14-16-8-5-4-6-9-16/h4-6,8-9,15,17-18H,7,10-14,20H2,1-3H3. The molecule has 23 heavy (non-hydrogen) atoms. The largest absolute Gasteiger partial charge is 0.344 e. The smallest absolute Gasteiger partial charge is 0.239 e. The summed E-state index contributed by atoms with van der Waals surface area (Å²) in [6.07, 6.45) is 2.93. The molecule has 1 heterocycles. The van der Waals surface area contributed by atoms with Crippen molar-refractivity contribution in [2.45, 2.75) is 51.7 Å². The van der Waals surface area contributed by atoms with Gasteiger partial charge >= 0.3 is 0 Å². The van der Waals surface area contributed by atoms with Gasteiger partial charge in [-0.25, -0.2) is 0 Å². The Bertz CT molecular complexity index is 489. The first-order valence-corrected chi connectivity index (χ1v) is 8.77. The van der Waals surface area contributed by atoms with E-state index in [1.807, 2.05) is 18.0 Å². The summed E-state index contributed by atoms with van der Waals surface area (Å²) in [4.78, 5) is 17.0. The van der Waals surface area contributed by atoms with Crippen molar-refractivity contribution >= 4 is 5.91 Å². The molecule has 1 saturated heterocycles. The number of hydrogen-bond donors (Lipinski definition) is 1. The van der Waals surface area contributed by atoms with Crippen molar-refractivity contribution in [2.24, 2.45) is 11.7 Å². The van der Waals surface area contributed by atoms with Crippen molar-refractivity contribution in [3.05, 3.63) is 35.9 Å². The number of benzene rings is 1. The highest BCUT2D eigenvalue weighted by atomic mass is 16.2. The van der Waals surface area contributed by atoms with Crippen LogP contribution in [0.4, 0.5) is 0 Å². The Morgan fingerprint density at radius 1 is 1.35 bits per heavy atom. The van der Waals surface area contributed by atoms with Gasteiger partial charge in [-0.1, -0.05) is 44.2 Å². The van der Waals surface area contributed by atoms with Gasteiger partial charge in [0.2, 0.25) is 5.91 Å². The maximum atomic E-state index is 12.8. The van der Waals surface area contributed by atoms with Crippen LogP contribution < -0.4 is 5.73 Å². The molecule has 128 valence electrons. The fourth-order valence-corrected chi connectivity index (χ4v) is 3.15. The highest BCUT2D eigenvalue weighted by Crippen LogP contribution is 2.21. The topological polar surface area (TPSA) is 49.6 Å². The Labute approximate surface area is 140 Å². The first kappa shape index (κ1) is 18.0. The monoisotopic (exact) mass is 317 g/mol. The third kappa shape index (κ3) is 5.05. The molecular formula is C19H31N3O. The third-order valence-corrected chi connectivity index (χ3v) is 4.91. The first-order chi connectivity index (χ1) is 11.0. The Morgan fingerprint density at radius 2 is 2.04 bits per heavy atom. The second-order valence-corrected chi connectivity index (χ2v) is 7.07. The molecule has 1 amide bonds. The lowest BCUT2D eigenvalue weighted by molar-refractivity contribution is -0.134. The van der Waals surface area contributed by atoms with Gasteiger partial charge in [-0.05, 0) is 37.3 Å². The Hall–Kier alpha value is -1.39. The summed E-state index contributed by atoms with van der Waals surface area (Å²) in [6.45, 7) is 6.87. The summed E-state index contributed by atoms with van der Waals surface area (Å²) >= 11 is 0. The van der Waals surface area contributed by atoms with Gasteiger partial charge in [-0.15, -0.1) is 0 Å². The molecule has 1 aliphatic rings. The molecule has 1 aromatic carbocycles. The molecule has 0 aromatic heterocycles. The lowest BCUT2D eigenvalue weighted by Crippen LogP contribution is -2.45. The van der Waals surface area contributed by atoms with Crippen molar-refractivity contribution in [3.8, 4) is 0 Å². The molecule has 1 aromatic rings. The number of carbonyl (C=O) groups excluding carboxylic acids is 1. The molecule has 2 unspecified atom stereocenters. The van der Waals surface area contributed by atoms with Gasteiger partial charge in [0, 0.05) is 26.2 Å². The van der Waals surface area contributed by atoms with Crippen molar-refractivity contribution < 1.29 is 4.79 Å². The Morgan fingerprint density at radius 3 is 2.70 bits per heavy atom. The van der Waals surface area contributed by atoms with E-state index in [1.165, 1.54) is 5.56 Å². The zero-order valence-electron chi connectivity index (χ0n) is 14.7. The number of amides is 1. The zero-order chi connectivity index (χ0) is 16.8. The van der Waals surface area contributed by atoms with Crippen LogP contribution in [0.1, 0.15) is 38.7 Å². The highest BCUT2D eigenvalue weighted by molar-refractivity contribution is 5.82. The Kier molecular flexibility index (Phi) is 6.60. The van der Waals surface area contributed by atoms with Gasteiger partial charge < -0.3 is 10.6 Å². The minimum Gasteiger partial charge on any atom is -0.344 e. The van der Waals surface area contributed by atoms with Crippen LogP contribution in [0.5, 0.6) is 0 Å². The van der Waals surface area contributed by atoms with Crippen LogP contribution in [0.3, 0.4) is 0 Å². The SMILES string of the molecule is CC(C)C(N)CCN(C)C(=O)C1CCCN1Cc1ccccc1. The van der Waals surface area contributed by atoms with Crippen LogP contribution in [-0.2, 0) is 11.3 Å². The molecule has 4 nitrogen and oxygen atoms in total. The molecule has 2 N–H and O–H groups in total. The average molecular weight is 317 g/mol. The number of hydrogen-bond acceptors (Lipinski definition) is 3. The van der Waals surface area contributed by atoms with E-state index >= 15 is 0 Å². The minimum atomic E-state index is 0.0236. The fourth-order valence-electron chi connectivity index (χ4n) is 3.15. The van der Waals surface area contributed by atoms with E-state index in [0.717, 1.165) is 38.9 Å². The molecule has 1 aliphatic heterocycles. The second kappa shape index (κ2) is 8.46. The molecule has 2 rings (SSSR count). The van der Waals surface area contributed by atoms with Crippen molar-refractivity contribution in [1.29, 1.82) is 0 Å². The summed E-state index contributed by atoms with van der Waals surface area (Å²) < 4.78 is 0. The van der Waals surface area contributed by atoms with Gasteiger partial charge in [-0.3, -0.25) is 9.69 Å². The number of nitrogens with two attached hydrogens (primary N) is 1. The van der Waals surface area contributed by atoms with Gasteiger partial charge in [0.25, 0.3) is 0 Å². The second-order valence-electron chi connectivity index (χ2n) is 7.07. The van der Waals surface area contributed by atoms with Crippen molar-refractivity contribution in [1.82, 2.24) is 9.80 Å². The van der Waals surface area contributed by atoms with E-state index in [0.29, 0.717) is 5.92 Å². The van der Waals surface area contributed by atoms with Gasteiger partial charge in [0.15, 0.2) is 0 Å². The Balaban J connectivity index is 1.89. The summed E-state index contributed by atoms with van der Waals surface area (Å²) in [5, 5.41) is 0. The summed E-state index contributed by atoms with van der Waals surface area (Å²) in [5.41, 5.74) is 7.37. The van der Waals surface area contributed by atoms with E-state index in [-0.39, 0.29) is 18.0 Å². The number of likely N-dealkylation sites (tertiary alicyclic amines) is 1. The molecule has 0 spiro atoms. The molecule has 0 saturated carbocycles. The van der Waals surface area contributed by atoms with E-state index in [2.05, 4.69) is 43.0 Å². The fraction of sp³-hybridized carbons (Fsp3) is 0.632. The molecule has 2 atom stereocenters. The van der Waals surface area contributed by atoms with E-state index in [4.69, 9.17) is 5.73 Å². The van der Waals surface area contributed by atoms with Crippen molar-refractivity contribution in [3.63, 3.8) is 0 Å². The number of rotatable bonds is 7. The van der Waals surface area contributed by atoms with E-state index in [9.17, 15) is 4.79 Å². The van der Waals surface area contributed by atoms with Gasteiger partial charge in [0.1, 0.15) is 0 Å². The minimum absolute atomic E-state index is 0.0236. The predicted molar refractivity (Wildman–Crippen MR) is 94.9 cm³/mol. The zero-order valence-corrected chi connectivity index (χ0v) is 14.7. The van der Waals surface area contributed by atoms with Crippen LogP contribution in [0.25, 0.3) is 0 Å². The van der Waals surface area contributed by atoms with E-state index < -0.39 is 0 Å². The molecular weight excluding hydrogens is 286 g/mol. The van der Waals surface area contributed by atoms with Crippen LogP contribution in [0.2, 0.25) is 0 Å². The highest BCUT2D eigenvalue weighted by Gasteiger charge is 2.32. The van der Waals surface area contributed by atoms with Crippen LogP contribution in [0, 0.1) is 5.92 Å². The average Bonchev–Trinajstić information content (AvgIpc) is 3.00. The quantitative estimate of drug-likeness (QED) is 0.840. The summed E-state index contributed by atoms with van der Waals surface area (Å²) in [5.74, 6) is 0.703. The maximum Gasteiger partial charge on any atom is 0.239 e. The lowest BCUT2D eigenvalue weighted by atomic mass is 10.0. The normalized spacial score (nSPS) is 20.0. The van der Waals surface area contributed by atoms with E-state index in [1.54, 1.807) is 0 Å². The van der Waals surface area contributed by atoms with Crippen LogP contribution >= 0.6 is 0 Å². The maximum absolute atomic E-state index is 12.8. The number of nitrogens with zero attached hydrogens (tertiary/aromatic N) is 2. The number of carbonyl (C=O) groups is 1. The lowest BCUT2D eigenvalue weighted by Gasteiger charge is -2.29. The van der Waals surface area contributed by atoms with Crippen LogP contribution in [-0.4, -0.2) is 47.9 Å². The molecule has 0 bridgehead atoms. The summed E-state index contributed by atoms with van der Waals surface area (Å²) in [6, 6.07) is 10.6. The molecule has 4 heteroatoms. The molecule has 0 aliphatic carbocycles.